The van der Waals surface area contributed by atoms with Crippen LogP contribution in [0.4, 0.5) is 4.39 Å². The molecule has 90 valence electrons. The van der Waals surface area contributed by atoms with Crippen LogP contribution in [0.25, 0.3) is 0 Å². The molecule has 1 unspecified atom stereocenters. The summed E-state index contributed by atoms with van der Waals surface area (Å²) >= 11 is 11.0. The average molecular weight is 336 g/mol. The lowest BCUT2D eigenvalue weighted by molar-refractivity contribution is 0.615. The van der Waals surface area contributed by atoms with E-state index in [1.165, 1.54) is 12.1 Å². The van der Waals surface area contributed by atoms with Crippen molar-refractivity contribution in [1.82, 2.24) is 5.43 Å². The van der Waals surface area contributed by atoms with E-state index < -0.39 is 0 Å². The maximum Gasteiger partial charge on any atom is 0.124 e. The maximum absolute atomic E-state index is 13.0. The molecule has 1 heterocycles. The molecule has 0 saturated carbocycles. The molecule has 2 aromatic rings. The highest BCUT2D eigenvalue weighted by Crippen LogP contribution is 2.34. The number of rotatable bonds is 3. The van der Waals surface area contributed by atoms with Crippen LogP contribution >= 0.6 is 38.9 Å². The third kappa shape index (κ3) is 2.69. The van der Waals surface area contributed by atoms with Gasteiger partial charge in [-0.05, 0) is 44.6 Å². The van der Waals surface area contributed by atoms with Crippen molar-refractivity contribution in [2.24, 2.45) is 5.84 Å². The lowest BCUT2D eigenvalue weighted by atomic mass is 10.0. The highest BCUT2D eigenvalue weighted by molar-refractivity contribution is 9.10. The van der Waals surface area contributed by atoms with Crippen molar-refractivity contribution >= 4 is 38.9 Å². The highest BCUT2D eigenvalue weighted by Gasteiger charge is 2.19. The molecule has 0 radical (unpaired) electrons. The molecule has 1 atom stereocenters. The van der Waals surface area contributed by atoms with Crippen LogP contribution in [0.3, 0.4) is 0 Å². The van der Waals surface area contributed by atoms with Gasteiger partial charge in [0.1, 0.15) is 5.82 Å². The molecule has 6 heteroatoms. The number of benzene rings is 1. The number of halogens is 3. The van der Waals surface area contributed by atoms with Gasteiger partial charge in [0, 0.05) is 14.9 Å². The predicted octanol–water partition coefficient (Wildman–Crippen LogP) is 3.86. The van der Waals surface area contributed by atoms with Crippen LogP contribution in [0, 0.1) is 5.82 Å². The molecule has 0 aliphatic rings. The fraction of sp³-hybridized carbons (Fsp3) is 0.0909. The quantitative estimate of drug-likeness (QED) is 0.660. The Morgan fingerprint density at radius 2 is 2.12 bits per heavy atom. The summed E-state index contributed by atoms with van der Waals surface area (Å²) in [6.07, 6.45) is 0. The van der Waals surface area contributed by atoms with E-state index in [-0.39, 0.29) is 11.9 Å². The van der Waals surface area contributed by atoms with E-state index in [0.29, 0.717) is 5.02 Å². The number of nitrogens with one attached hydrogen (secondary N) is 1. The number of thiophene rings is 1. The van der Waals surface area contributed by atoms with Gasteiger partial charge in [-0.2, -0.15) is 11.3 Å². The minimum Gasteiger partial charge on any atom is -0.271 e. The molecule has 2 rings (SSSR count). The van der Waals surface area contributed by atoms with E-state index in [4.69, 9.17) is 17.4 Å². The first-order chi connectivity index (χ1) is 8.13. The summed E-state index contributed by atoms with van der Waals surface area (Å²) in [5, 5.41) is 4.27. The first-order valence-electron chi connectivity index (χ1n) is 4.76. The summed E-state index contributed by atoms with van der Waals surface area (Å²) in [6.45, 7) is 0. The Morgan fingerprint density at radius 1 is 1.35 bits per heavy atom. The third-order valence-corrected chi connectivity index (χ3v) is 4.47. The molecule has 2 nitrogen and oxygen atoms in total. The summed E-state index contributed by atoms with van der Waals surface area (Å²) < 4.78 is 13.9. The molecule has 1 aromatic carbocycles. The van der Waals surface area contributed by atoms with Crippen molar-refractivity contribution < 1.29 is 4.39 Å². The minimum atomic E-state index is -0.362. The standard InChI is InChI=1S/C11H9BrClFN2S/c12-9-5-17-4-8(9)11(16-15)7-2-1-6(14)3-10(7)13/h1-5,11,16H,15H2. The zero-order valence-electron chi connectivity index (χ0n) is 8.58. The van der Waals surface area contributed by atoms with Crippen molar-refractivity contribution in [3.05, 3.63) is 55.4 Å². The molecule has 0 fully saturated rings. The Labute approximate surface area is 116 Å². The largest absolute Gasteiger partial charge is 0.271 e. The van der Waals surface area contributed by atoms with E-state index in [0.717, 1.165) is 15.6 Å². The summed E-state index contributed by atoms with van der Waals surface area (Å²) in [6, 6.07) is 4.02. The third-order valence-electron chi connectivity index (χ3n) is 2.39. The van der Waals surface area contributed by atoms with Crippen molar-refractivity contribution in [3.63, 3.8) is 0 Å². The topological polar surface area (TPSA) is 38.0 Å². The number of nitrogens with two attached hydrogens (primary N) is 1. The first-order valence-corrected chi connectivity index (χ1v) is 6.87. The molecule has 0 saturated heterocycles. The van der Waals surface area contributed by atoms with E-state index in [2.05, 4.69) is 21.4 Å². The van der Waals surface area contributed by atoms with Crippen LogP contribution < -0.4 is 11.3 Å². The van der Waals surface area contributed by atoms with Gasteiger partial charge in [0.2, 0.25) is 0 Å². The Bertz CT molecular complexity index is 532. The van der Waals surface area contributed by atoms with Gasteiger partial charge in [0.05, 0.1) is 6.04 Å². The Balaban J connectivity index is 2.46. The average Bonchev–Trinajstić information content (AvgIpc) is 2.69. The van der Waals surface area contributed by atoms with Gasteiger partial charge in [-0.25, -0.2) is 9.82 Å². The smallest absolute Gasteiger partial charge is 0.124 e. The lowest BCUT2D eigenvalue weighted by Gasteiger charge is -2.17. The molecule has 0 amide bonds. The minimum absolute atomic E-state index is 0.260. The van der Waals surface area contributed by atoms with Crippen molar-refractivity contribution in [1.29, 1.82) is 0 Å². The fourth-order valence-electron chi connectivity index (χ4n) is 1.58. The molecule has 0 bridgehead atoms. The van der Waals surface area contributed by atoms with Crippen LogP contribution in [0.2, 0.25) is 5.02 Å². The first kappa shape index (κ1) is 13.0. The van der Waals surface area contributed by atoms with E-state index in [9.17, 15) is 4.39 Å². The SMILES string of the molecule is NNC(c1ccc(F)cc1Cl)c1cscc1Br. The summed E-state index contributed by atoms with van der Waals surface area (Å²) in [5.41, 5.74) is 4.41. The number of hydrogen-bond acceptors (Lipinski definition) is 3. The molecule has 3 N–H and O–H groups in total. The van der Waals surface area contributed by atoms with Gasteiger partial charge in [-0.15, -0.1) is 0 Å². The fourth-order valence-corrected chi connectivity index (χ4v) is 3.41. The highest BCUT2D eigenvalue weighted by atomic mass is 79.9. The Morgan fingerprint density at radius 3 is 2.65 bits per heavy atom. The molecule has 0 spiro atoms. The predicted molar refractivity (Wildman–Crippen MR) is 72.6 cm³/mol. The Kier molecular flexibility index (Phi) is 4.17. The van der Waals surface area contributed by atoms with Crippen LogP contribution in [0.1, 0.15) is 17.2 Å². The zero-order chi connectivity index (χ0) is 12.4. The van der Waals surface area contributed by atoms with Crippen LogP contribution in [0.15, 0.2) is 33.4 Å². The van der Waals surface area contributed by atoms with E-state index in [1.54, 1.807) is 17.4 Å². The van der Waals surface area contributed by atoms with Crippen molar-refractivity contribution in [3.8, 4) is 0 Å². The molecule has 17 heavy (non-hydrogen) atoms. The molecular formula is C11H9BrClFN2S. The summed E-state index contributed by atoms with van der Waals surface area (Å²) in [4.78, 5) is 0. The van der Waals surface area contributed by atoms with Crippen molar-refractivity contribution in [2.45, 2.75) is 6.04 Å². The second-order valence-electron chi connectivity index (χ2n) is 3.44. The lowest BCUT2D eigenvalue weighted by Crippen LogP contribution is -2.29. The number of hydrazine groups is 1. The second-order valence-corrected chi connectivity index (χ2v) is 5.45. The van der Waals surface area contributed by atoms with Crippen LogP contribution in [0.5, 0.6) is 0 Å². The van der Waals surface area contributed by atoms with Gasteiger partial charge in [-0.1, -0.05) is 17.7 Å². The van der Waals surface area contributed by atoms with Gasteiger partial charge in [0.15, 0.2) is 0 Å². The van der Waals surface area contributed by atoms with Crippen LogP contribution in [-0.2, 0) is 0 Å². The normalized spacial score (nSPS) is 12.7. The summed E-state index contributed by atoms with van der Waals surface area (Å²) in [7, 11) is 0. The zero-order valence-corrected chi connectivity index (χ0v) is 11.7. The van der Waals surface area contributed by atoms with Crippen LogP contribution in [-0.4, -0.2) is 0 Å². The van der Waals surface area contributed by atoms with E-state index >= 15 is 0 Å². The maximum atomic E-state index is 13.0. The van der Waals surface area contributed by atoms with Gasteiger partial charge in [-0.3, -0.25) is 5.84 Å². The second kappa shape index (κ2) is 5.46. The molecule has 0 aliphatic carbocycles. The Hall–Kier alpha value is -0.460. The van der Waals surface area contributed by atoms with Gasteiger partial charge < -0.3 is 0 Å². The van der Waals surface area contributed by atoms with Crippen molar-refractivity contribution in [2.75, 3.05) is 0 Å². The van der Waals surface area contributed by atoms with Gasteiger partial charge in [0.25, 0.3) is 0 Å². The number of hydrogen-bond donors (Lipinski definition) is 2. The molecule has 1 aromatic heterocycles. The van der Waals surface area contributed by atoms with E-state index in [1.807, 2.05) is 10.8 Å². The monoisotopic (exact) mass is 334 g/mol. The molecular weight excluding hydrogens is 327 g/mol. The van der Waals surface area contributed by atoms with Gasteiger partial charge >= 0.3 is 0 Å². The molecule has 0 aliphatic heterocycles. The summed E-state index contributed by atoms with van der Waals surface area (Å²) in [5.74, 6) is 5.19.